The van der Waals surface area contributed by atoms with Crippen LogP contribution >= 0.6 is 23.5 Å². The van der Waals surface area contributed by atoms with Gasteiger partial charge in [-0.2, -0.15) is 4.57 Å². The van der Waals surface area contributed by atoms with Gasteiger partial charge in [0, 0.05) is 29.0 Å². The van der Waals surface area contributed by atoms with Gasteiger partial charge in [-0.1, -0.05) is 97.1 Å². The topological polar surface area (TPSA) is 38.0 Å². The number of rotatable bonds is 10. The summed E-state index contributed by atoms with van der Waals surface area (Å²) < 4.78 is 2.67. The molecule has 0 fully saturated rings. The Balaban J connectivity index is 0.00000342. The van der Waals surface area contributed by atoms with Crippen molar-refractivity contribution in [2.75, 3.05) is 5.75 Å². The predicted molar refractivity (Wildman–Crippen MR) is 142 cm³/mol. The van der Waals surface area contributed by atoms with Gasteiger partial charge in [0.2, 0.25) is 0 Å². The summed E-state index contributed by atoms with van der Waals surface area (Å²) in [4.78, 5) is 26.6. The van der Waals surface area contributed by atoms with Crippen molar-refractivity contribution in [3.63, 3.8) is 0 Å². The largest absolute Gasteiger partial charge is 1.00 e. The summed E-state index contributed by atoms with van der Waals surface area (Å²) in [5.74, 6) is 0.905. The molecule has 0 radical (unpaired) electrons. The first-order valence-electron chi connectivity index (χ1n) is 10.9. The highest BCUT2D eigenvalue weighted by molar-refractivity contribution is 8.22. The number of nitrogens with zero attached hydrogens (tertiary/aromatic N) is 1. The van der Waals surface area contributed by atoms with Crippen LogP contribution in [0.15, 0.2) is 126 Å². The Hall–Kier alpha value is -2.93. The van der Waals surface area contributed by atoms with Crippen LogP contribution in [0.5, 0.6) is 0 Å². The first kappa shape index (κ1) is 26.7. The molecule has 1 heterocycles. The molecule has 0 atom stereocenters. The van der Waals surface area contributed by atoms with Crippen LogP contribution in [-0.2, 0) is 5.75 Å². The van der Waals surface area contributed by atoms with Gasteiger partial charge in [0.05, 0.1) is 5.75 Å². The van der Waals surface area contributed by atoms with Crippen molar-refractivity contribution in [3.05, 3.63) is 143 Å². The Morgan fingerprint density at radius 2 is 1.14 bits per heavy atom. The van der Waals surface area contributed by atoms with E-state index in [9.17, 15) is 9.59 Å². The maximum Gasteiger partial charge on any atom is 0.279 e. The summed E-state index contributed by atoms with van der Waals surface area (Å²) in [6.45, 7) is 0. The van der Waals surface area contributed by atoms with Gasteiger partial charge < -0.3 is 17.0 Å². The number of allylic oxidation sites excluding steroid dienone is 1. The van der Waals surface area contributed by atoms with E-state index in [-0.39, 0.29) is 34.3 Å². The SMILES string of the molecule is O=C(CS/C(SCc1ccccc1)=C(/C(=O)c1ccccc1)[n+]1ccccc1)c1ccccc1.[Br-]. The molecular weight excluding hydrogens is 538 g/mol. The molecule has 0 unspecified atom stereocenters. The average molecular weight is 563 g/mol. The normalized spacial score (nSPS) is 11.2. The van der Waals surface area contributed by atoms with E-state index >= 15 is 0 Å². The lowest BCUT2D eigenvalue weighted by Gasteiger charge is -2.11. The number of benzene rings is 3. The predicted octanol–water partition coefficient (Wildman–Crippen LogP) is 3.54. The zero-order valence-electron chi connectivity index (χ0n) is 18.9. The van der Waals surface area contributed by atoms with Crippen LogP contribution in [0.25, 0.3) is 5.70 Å². The van der Waals surface area contributed by atoms with Crippen molar-refractivity contribution in [1.29, 1.82) is 0 Å². The average Bonchev–Trinajstić information content (AvgIpc) is 2.92. The van der Waals surface area contributed by atoms with Gasteiger partial charge in [0.25, 0.3) is 11.5 Å². The molecule has 0 aliphatic rings. The van der Waals surface area contributed by atoms with Crippen molar-refractivity contribution in [2.45, 2.75) is 5.75 Å². The number of carbonyl (C=O) groups is 2. The number of pyridine rings is 1. The van der Waals surface area contributed by atoms with Crippen molar-refractivity contribution < 1.29 is 31.1 Å². The number of hydrogen-bond donors (Lipinski definition) is 0. The molecule has 0 spiro atoms. The minimum atomic E-state index is -0.0768. The number of halogens is 1. The van der Waals surface area contributed by atoms with Gasteiger partial charge in [0.1, 0.15) is 4.24 Å². The molecule has 0 amide bonds. The fraction of sp³-hybridized carbons (Fsp3) is 0.0690. The van der Waals surface area contributed by atoms with Crippen LogP contribution in [0.3, 0.4) is 0 Å². The minimum absolute atomic E-state index is 0. The van der Waals surface area contributed by atoms with Gasteiger partial charge >= 0.3 is 0 Å². The Labute approximate surface area is 225 Å². The number of ketones is 2. The van der Waals surface area contributed by atoms with Gasteiger partial charge in [-0.05, 0) is 5.56 Å². The van der Waals surface area contributed by atoms with Crippen molar-refractivity contribution in [3.8, 4) is 0 Å². The first-order chi connectivity index (χ1) is 16.7. The molecule has 176 valence electrons. The molecule has 0 aliphatic carbocycles. The number of carbonyl (C=O) groups excluding carboxylic acids is 2. The second-order valence-corrected chi connectivity index (χ2v) is 9.70. The van der Waals surface area contributed by atoms with E-state index in [0.717, 1.165) is 9.80 Å². The molecule has 0 N–H and O–H groups in total. The monoisotopic (exact) mass is 561 g/mol. The first-order valence-corrected chi connectivity index (χ1v) is 12.9. The Bertz CT molecular complexity index is 1270. The van der Waals surface area contributed by atoms with Gasteiger partial charge in [-0.15, -0.1) is 23.5 Å². The van der Waals surface area contributed by atoms with E-state index in [4.69, 9.17) is 0 Å². The molecule has 4 aromatic rings. The molecule has 35 heavy (non-hydrogen) atoms. The lowest BCUT2D eigenvalue weighted by molar-refractivity contribution is -0.576. The third-order valence-corrected chi connectivity index (χ3v) is 7.56. The molecule has 1 aromatic heterocycles. The Morgan fingerprint density at radius 1 is 0.629 bits per heavy atom. The second kappa shape index (κ2) is 13.8. The molecule has 3 nitrogen and oxygen atoms in total. The fourth-order valence-electron chi connectivity index (χ4n) is 3.33. The quantitative estimate of drug-likeness (QED) is 0.169. The molecular formula is C29H24BrNO2S2. The molecule has 0 saturated heterocycles. The zero-order chi connectivity index (χ0) is 23.6. The lowest BCUT2D eigenvalue weighted by atomic mass is 10.1. The van der Waals surface area contributed by atoms with Crippen molar-refractivity contribution in [2.24, 2.45) is 0 Å². The van der Waals surface area contributed by atoms with E-state index in [2.05, 4.69) is 12.1 Å². The van der Waals surface area contributed by atoms with Crippen molar-refractivity contribution >= 4 is 40.8 Å². The second-order valence-electron chi connectivity index (χ2n) is 7.47. The maximum absolute atomic E-state index is 13.7. The van der Waals surface area contributed by atoms with Crippen LogP contribution in [-0.4, -0.2) is 17.3 Å². The highest BCUT2D eigenvalue weighted by atomic mass is 79.9. The summed E-state index contributed by atoms with van der Waals surface area (Å²) in [5.41, 5.74) is 3.00. The van der Waals surface area contributed by atoms with Gasteiger partial charge in [-0.25, -0.2) is 0 Å². The zero-order valence-corrected chi connectivity index (χ0v) is 22.1. The molecule has 6 heteroatoms. The minimum Gasteiger partial charge on any atom is -1.00 e. The molecule has 3 aromatic carbocycles. The van der Waals surface area contributed by atoms with Gasteiger partial charge in [-0.3, -0.25) is 9.59 Å². The number of aromatic nitrogens is 1. The number of thioether (sulfide) groups is 2. The maximum atomic E-state index is 13.7. The summed E-state index contributed by atoms with van der Waals surface area (Å²) in [7, 11) is 0. The molecule has 0 aliphatic heterocycles. The Kier molecular flexibility index (Phi) is 10.5. The number of hydrogen-bond acceptors (Lipinski definition) is 4. The summed E-state index contributed by atoms with van der Waals surface area (Å²) in [6, 6.07) is 34.4. The van der Waals surface area contributed by atoms with Crippen LogP contribution in [0, 0.1) is 0 Å². The van der Waals surface area contributed by atoms with E-state index in [0.29, 0.717) is 22.6 Å². The fourth-order valence-corrected chi connectivity index (χ4v) is 5.60. The smallest absolute Gasteiger partial charge is 0.279 e. The lowest BCUT2D eigenvalue weighted by Crippen LogP contribution is -3.00. The highest BCUT2D eigenvalue weighted by Gasteiger charge is 2.28. The van der Waals surface area contributed by atoms with E-state index < -0.39 is 0 Å². The van der Waals surface area contributed by atoms with Crippen LogP contribution in [0.4, 0.5) is 0 Å². The standard InChI is InChI=1S/C29H24NO2S2.BrH/c31-26(24-15-7-2-8-16-24)22-34-29(33-21-23-13-5-1-6-14-23)27(30-19-11-4-12-20-30)28(32)25-17-9-3-10-18-25;/h1-20H,21-22H2;1H/q+1;/p-1/b29-27-;. The van der Waals surface area contributed by atoms with Crippen LogP contribution in [0.1, 0.15) is 26.3 Å². The summed E-state index contributed by atoms with van der Waals surface area (Å²) in [5, 5.41) is 0. The van der Waals surface area contributed by atoms with Crippen LogP contribution < -0.4 is 21.5 Å². The molecule has 0 saturated carbocycles. The van der Waals surface area contributed by atoms with E-state index in [1.54, 1.807) is 11.8 Å². The Morgan fingerprint density at radius 3 is 1.74 bits per heavy atom. The highest BCUT2D eigenvalue weighted by Crippen LogP contribution is 2.36. The van der Waals surface area contributed by atoms with Crippen LogP contribution in [0.2, 0.25) is 0 Å². The number of Topliss-reactive ketones (excluding diaryl/α,β-unsaturated/α-hetero) is 2. The summed E-state index contributed by atoms with van der Waals surface area (Å²) >= 11 is 3.01. The summed E-state index contributed by atoms with van der Waals surface area (Å²) in [6.07, 6.45) is 3.75. The van der Waals surface area contributed by atoms with E-state index in [1.807, 2.05) is 114 Å². The molecule has 4 rings (SSSR count). The van der Waals surface area contributed by atoms with Gasteiger partial charge in [0.15, 0.2) is 18.2 Å². The third kappa shape index (κ3) is 7.52. The third-order valence-electron chi connectivity index (χ3n) is 5.06. The van der Waals surface area contributed by atoms with E-state index in [1.165, 1.54) is 11.8 Å². The van der Waals surface area contributed by atoms with Crippen molar-refractivity contribution in [1.82, 2.24) is 0 Å². The molecule has 0 bridgehead atoms.